The second-order valence-corrected chi connectivity index (χ2v) is 5.01. The van der Waals surface area contributed by atoms with Crippen LogP contribution in [0.15, 0.2) is 12.3 Å². The molecule has 0 radical (unpaired) electrons. The van der Waals surface area contributed by atoms with Crippen LogP contribution in [0.25, 0.3) is 0 Å². The number of pyridine rings is 1. The number of piperidine rings is 1. The predicted octanol–water partition coefficient (Wildman–Crippen LogP) is 1.30. The number of nitro groups is 1. The van der Waals surface area contributed by atoms with Gasteiger partial charge in [-0.15, -0.1) is 0 Å². The fraction of sp³-hybridized carbons (Fsp3) is 0.538. The van der Waals surface area contributed by atoms with Gasteiger partial charge in [0.1, 0.15) is 6.07 Å². The summed E-state index contributed by atoms with van der Waals surface area (Å²) in [5.41, 5.74) is 0.0937. The van der Waals surface area contributed by atoms with Crippen LogP contribution in [-0.2, 0) is 0 Å². The molecule has 106 valence electrons. The molecule has 1 aromatic rings. The Morgan fingerprint density at radius 1 is 1.60 bits per heavy atom. The Bertz CT molecular complexity index is 534. The summed E-state index contributed by atoms with van der Waals surface area (Å²) in [6.45, 7) is 2.71. The summed E-state index contributed by atoms with van der Waals surface area (Å²) in [5, 5.41) is 23.2. The summed E-state index contributed by atoms with van der Waals surface area (Å²) in [7, 11) is 1.81. The number of nitriles is 1. The van der Waals surface area contributed by atoms with Gasteiger partial charge in [0.05, 0.1) is 10.5 Å². The van der Waals surface area contributed by atoms with Crippen molar-refractivity contribution in [3.8, 4) is 6.07 Å². The van der Waals surface area contributed by atoms with E-state index in [0.717, 1.165) is 32.5 Å². The highest BCUT2D eigenvalue weighted by molar-refractivity contribution is 5.59. The first-order valence-corrected chi connectivity index (χ1v) is 6.58. The van der Waals surface area contributed by atoms with E-state index in [-0.39, 0.29) is 11.3 Å². The van der Waals surface area contributed by atoms with Gasteiger partial charge in [0.2, 0.25) is 5.82 Å². The van der Waals surface area contributed by atoms with Crippen LogP contribution in [0.1, 0.15) is 18.4 Å². The molecule has 1 fully saturated rings. The van der Waals surface area contributed by atoms with Crippen LogP contribution >= 0.6 is 0 Å². The van der Waals surface area contributed by atoms with E-state index in [2.05, 4.69) is 10.3 Å². The van der Waals surface area contributed by atoms with Crippen molar-refractivity contribution in [2.24, 2.45) is 5.92 Å². The average Bonchev–Trinajstić information content (AvgIpc) is 2.47. The van der Waals surface area contributed by atoms with Gasteiger partial charge in [-0.2, -0.15) is 5.26 Å². The molecule has 1 aliphatic rings. The van der Waals surface area contributed by atoms with Gasteiger partial charge in [-0.05, 0) is 31.8 Å². The van der Waals surface area contributed by atoms with E-state index in [1.807, 2.05) is 18.0 Å². The minimum Gasteiger partial charge on any atom is -0.354 e. The van der Waals surface area contributed by atoms with Gasteiger partial charge in [0, 0.05) is 25.9 Å². The third-order valence-electron chi connectivity index (χ3n) is 3.53. The fourth-order valence-electron chi connectivity index (χ4n) is 2.47. The van der Waals surface area contributed by atoms with Crippen LogP contribution < -0.4 is 10.2 Å². The monoisotopic (exact) mass is 275 g/mol. The van der Waals surface area contributed by atoms with E-state index >= 15 is 0 Å². The molecule has 20 heavy (non-hydrogen) atoms. The molecular formula is C13H17N5O2. The number of aromatic nitrogens is 1. The first kappa shape index (κ1) is 14.2. The van der Waals surface area contributed by atoms with Crippen molar-refractivity contribution >= 4 is 11.5 Å². The first-order chi connectivity index (χ1) is 9.61. The lowest BCUT2D eigenvalue weighted by Gasteiger charge is -2.27. The molecule has 7 nitrogen and oxygen atoms in total. The molecule has 0 amide bonds. The number of nitrogens with zero attached hydrogens (tertiary/aromatic N) is 4. The lowest BCUT2D eigenvalue weighted by Crippen LogP contribution is -2.35. The molecule has 0 aromatic carbocycles. The highest BCUT2D eigenvalue weighted by Gasteiger charge is 2.22. The van der Waals surface area contributed by atoms with Gasteiger partial charge in [0.25, 0.3) is 0 Å². The zero-order valence-electron chi connectivity index (χ0n) is 11.4. The highest BCUT2D eigenvalue weighted by atomic mass is 16.6. The third-order valence-corrected chi connectivity index (χ3v) is 3.53. The van der Waals surface area contributed by atoms with Gasteiger partial charge < -0.3 is 10.2 Å². The van der Waals surface area contributed by atoms with Gasteiger partial charge in [-0.3, -0.25) is 10.1 Å². The number of hydrogen-bond acceptors (Lipinski definition) is 6. The molecule has 0 bridgehead atoms. The van der Waals surface area contributed by atoms with Crippen LogP contribution in [0.3, 0.4) is 0 Å². The van der Waals surface area contributed by atoms with E-state index in [4.69, 9.17) is 5.26 Å². The second-order valence-electron chi connectivity index (χ2n) is 5.01. The Morgan fingerprint density at radius 2 is 2.30 bits per heavy atom. The number of nitrogens with one attached hydrogen (secondary N) is 1. The van der Waals surface area contributed by atoms with Gasteiger partial charge in [-0.1, -0.05) is 0 Å². The molecule has 1 aliphatic heterocycles. The molecule has 2 heterocycles. The van der Waals surface area contributed by atoms with E-state index < -0.39 is 4.92 Å². The summed E-state index contributed by atoms with van der Waals surface area (Å²) in [6.07, 6.45) is 3.50. The minimum atomic E-state index is -0.484. The first-order valence-electron chi connectivity index (χ1n) is 6.58. The SMILES string of the molecule is CN(CC1CCNCC1)c1ncc(C#N)cc1[N+](=O)[O-]. The Hall–Kier alpha value is -2.20. The van der Waals surface area contributed by atoms with Crippen LogP contribution in [0, 0.1) is 27.4 Å². The molecule has 1 N–H and O–H groups in total. The zero-order chi connectivity index (χ0) is 14.5. The Balaban J connectivity index is 2.18. The summed E-state index contributed by atoms with van der Waals surface area (Å²) >= 11 is 0. The lowest BCUT2D eigenvalue weighted by atomic mass is 9.98. The maximum atomic E-state index is 11.1. The maximum Gasteiger partial charge on any atom is 0.312 e. The molecule has 0 spiro atoms. The summed E-state index contributed by atoms with van der Waals surface area (Å²) < 4.78 is 0. The second kappa shape index (κ2) is 6.30. The predicted molar refractivity (Wildman–Crippen MR) is 74.5 cm³/mol. The lowest BCUT2D eigenvalue weighted by molar-refractivity contribution is -0.384. The quantitative estimate of drug-likeness (QED) is 0.657. The van der Waals surface area contributed by atoms with Gasteiger partial charge in [-0.25, -0.2) is 4.98 Å². The van der Waals surface area contributed by atoms with Crippen LogP contribution in [0.5, 0.6) is 0 Å². The van der Waals surface area contributed by atoms with E-state index in [9.17, 15) is 10.1 Å². The van der Waals surface area contributed by atoms with Gasteiger partial charge in [0.15, 0.2) is 0 Å². The van der Waals surface area contributed by atoms with Crippen molar-refractivity contribution in [1.82, 2.24) is 10.3 Å². The van der Waals surface area contributed by atoms with E-state index in [1.54, 1.807) is 0 Å². The highest BCUT2D eigenvalue weighted by Crippen LogP contribution is 2.27. The van der Waals surface area contributed by atoms with E-state index in [1.165, 1.54) is 12.3 Å². The molecule has 0 saturated carbocycles. The van der Waals surface area contributed by atoms with Crippen molar-refractivity contribution in [3.05, 3.63) is 27.9 Å². The van der Waals surface area contributed by atoms with Crippen molar-refractivity contribution < 1.29 is 4.92 Å². The standard InChI is InChI=1S/C13H17N5O2/c1-17(9-10-2-4-15-5-3-10)13-12(18(19)20)6-11(7-14)8-16-13/h6,8,10,15H,2-5,9H2,1H3. The molecule has 0 aliphatic carbocycles. The molecule has 0 atom stereocenters. The molecule has 2 rings (SSSR count). The molecule has 7 heteroatoms. The zero-order valence-corrected chi connectivity index (χ0v) is 11.4. The average molecular weight is 275 g/mol. The smallest absolute Gasteiger partial charge is 0.312 e. The molecule has 1 saturated heterocycles. The number of anilines is 1. The van der Waals surface area contributed by atoms with E-state index in [0.29, 0.717) is 11.7 Å². The van der Waals surface area contributed by atoms with Crippen molar-refractivity contribution in [1.29, 1.82) is 5.26 Å². The van der Waals surface area contributed by atoms with Crippen molar-refractivity contribution in [2.75, 3.05) is 31.6 Å². The molecule has 0 unspecified atom stereocenters. The van der Waals surface area contributed by atoms with Crippen molar-refractivity contribution in [3.63, 3.8) is 0 Å². The number of hydrogen-bond donors (Lipinski definition) is 1. The van der Waals surface area contributed by atoms with Crippen LogP contribution in [0.4, 0.5) is 11.5 Å². The summed E-state index contributed by atoms with van der Waals surface area (Å²) in [6, 6.07) is 3.16. The fourth-order valence-corrected chi connectivity index (χ4v) is 2.47. The Kier molecular flexibility index (Phi) is 4.48. The largest absolute Gasteiger partial charge is 0.354 e. The topological polar surface area (TPSA) is 95.1 Å². The minimum absolute atomic E-state index is 0.111. The van der Waals surface area contributed by atoms with Crippen molar-refractivity contribution in [2.45, 2.75) is 12.8 Å². The third kappa shape index (κ3) is 3.22. The number of rotatable bonds is 4. The van der Waals surface area contributed by atoms with Crippen LogP contribution in [-0.4, -0.2) is 36.6 Å². The molecule has 1 aromatic heterocycles. The summed E-state index contributed by atoms with van der Waals surface area (Å²) in [5.74, 6) is 0.839. The van der Waals surface area contributed by atoms with Crippen LogP contribution in [0.2, 0.25) is 0 Å². The van der Waals surface area contributed by atoms with Gasteiger partial charge >= 0.3 is 5.69 Å². The Labute approximate surface area is 117 Å². The molecular weight excluding hydrogens is 258 g/mol. The Morgan fingerprint density at radius 3 is 2.90 bits per heavy atom. The normalized spacial score (nSPS) is 15.6. The summed E-state index contributed by atoms with van der Waals surface area (Å²) in [4.78, 5) is 16.5. The maximum absolute atomic E-state index is 11.1.